The van der Waals surface area contributed by atoms with Gasteiger partial charge in [-0.1, -0.05) is 49.7 Å². The van der Waals surface area contributed by atoms with Gasteiger partial charge in [-0.3, -0.25) is 4.79 Å². The maximum absolute atomic E-state index is 12.4. The monoisotopic (exact) mass is 287 g/mol. The van der Waals surface area contributed by atoms with Gasteiger partial charge in [-0.05, 0) is 36.1 Å². The lowest BCUT2D eigenvalue weighted by Gasteiger charge is -2.10. The molecule has 0 bridgehead atoms. The standard InChI is InChI=1S/C17H18ClNO/c1-3-11(2)12-4-6-13(7-5-12)17(20)15-9-8-14(19)10-16(15)18/h4-11H,3,19H2,1-2H3. The molecule has 2 N–H and O–H groups in total. The molecule has 3 heteroatoms. The highest BCUT2D eigenvalue weighted by Gasteiger charge is 2.13. The van der Waals surface area contributed by atoms with Crippen molar-refractivity contribution in [2.75, 3.05) is 5.73 Å². The van der Waals surface area contributed by atoms with Crippen LogP contribution in [0.4, 0.5) is 5.69 Å². The summed E-state index contributed by atoms with van der Waals surface area (Å²) in [5.41, 5.74) is 8.56. The molecule has 0 amide bonds. The van der Waals surface area contributed by atoms with E-state index in [4.69, 9.17) is 17.3 Å². The summed E-state index contributed by atoms with van der Waals surface area (Å²) in [5.74, 6) is 0.421. The Hall–Kier alpha value is -1.80. The van der Waals surface area contributed by atoms with Crippen molar-refractivity contribution in [2.45, 2.75) is 26.2 Å². The lowest BCUT2D eigenvalue weighted by molar-refractivity contribution is 0.103. The average molecular weight is 288 g/mol. The largest absolute Gasteiger partial charge is 0.399 e. The predicted octanol–water partition coefficient (Wildman–Crippen LogP) is 4.67. The zero-order chi connectivity index (χ0) is 14.7. The van der Waals surface area contributed by atoms with E-state index in [2.05, 4.69) is 13.8 Å². The smallest absolute Gasteiger partial charge is 0.194 e. The molecule has 1 unspecified atom stereocenters. The van der Waals surface area contributed by atoms with E-state index in [0.717, 1.165) is 6.42 Å². The molecule has 2 rings (SSSR count). The van der Waals surface area contributed by atoms with E-state index >= 15 is 0 Å². The summed E-state index contributed by atoms with van der Waals surface area (Å²) >= 11 is 6.08. The molecule has 2 aromatic carbocycles. The second-order valence-electron chi connectivity index (χ2n) is 5.00. The lowest BCUT2D eigenvalue weighted by Crippen LogP contribution is -2.03. The maximum Gasteiger partial charge on any atom is 0.194 e. The third kappa shape index (κ3) is 3.02. The van der Waals surface area contributed by atoms with Gasteiger partial charge in [0.25, 0.3) is 0 Å². The molecule has 0 heterocycles. The van der Waals surface area contributed by atoms with Crippen LogP contribution in [0, 0.1) is 0 Å². The van der Waals surface area contributed by atoms with Crippen molar-refractivity contribution >= 4 is 23.1 Å². The summed E-state index contributed by atoms with van der Waals surface area (Å²) in [4.78, 5) is 12.4. The molecule has 0 aromatic heterocycles. The minimum Gasteiger partial charge on any atom is -0.399 e. The van der Waals surface area contributed by atoms with E-state index in [1.54, 1.807) is 18.2 Å². The Morgan fingerprint density at radius 2 is 1.85 bits per heavy atom. The summed E-state index contributed by atoms with van der Waals surface area (Å²) in [6, 6.07) is 12.7. The van der Waals surface area contributed by atoms with Gasteiger partial charge >= 0.3 is 0 Å². The van der Waals surface area contributed by atoms with Crippen LogP contribution >= 0.6 is 11.6 Å². The van der Waals surface area contributed by atoms with Gasteiger partial charge in [0.1, 0.15) is 0 Å². The van der Waals surface area contributed by atoms with Crippen molar-refractivity contribution in [3.63, 3.8) is 0 Å². The molecule has 0 saturated heterocycles. The Bertz CT molecular complexity index is 619. The Morgan fingerprint density at radius 3 is 2.40 bits per heavy atom. The van der Waals surface area contributed by atoms with Crippen LogP contribution in [0.25, 0.3) is 0 Å². The van der Waals surface area contributed by atoms with Crippen molar-refractivity contribution in [3.8, 4) is 0 Å². The molecule has 2 nitrogen and oxygen atoms in total. The quantitative estimate of drug-likeness (QED) is 0.656. The highest BCUT2D eigenvalue weighted by atomic mass is 35.5. The number of nitrogens with two attached hydrogens (primary N) is 1. The van der Waals surface area contributed by atoms with Gasteiger partial charge < -0.3 is 5.73 Å². The fourth-order valence-electron chi connectivity index (χ4n) is 2.07. The first-order valence-corrected chi connectivity index (χ1v) is 7.10. The molecule has 0 spiro atoms. The third-order valence-corrected chi connectivity index (χ3v) is 3.90. The number of ketones is 1. The molecule has 0 aliphatic rings. The number of hydrogen-bond donors (Lipinski definition) is 1. The number of halogens is 1. The topological polar surface area (TPSA) is 43.1 Å². The minimum absolute atomic E-state index is 0.0781. The zero-order valence-electron chi connectivity index (χ0n) is 11.7. The van der Waals surface area contributed by atoms with Crippen molar-refractivity contribution in [2.24, 2.45) is 0 Å². The van der Waals surface area contributed by atoms with E-state index in [1.165, 1.54) is 5.56 Å². The van der Waals surface area contributed by atoms with Gasteiger partial charge in [-0.25, -0.2) is 0 Å². The van der Waals surface area contributed by atoms with E-state index < -0.39 is 0 Å². The second-order valence-corrected chi connectivity index (χ2v) is 5.41. The van der Waals surface area contributed by atoms with Crippen molar-refractivity contribution in [3.05, 3.63) is 64.2 Å². The molecule has 104 valence electrons. The summed E-state index contributed by atoms with van der Waals surface area (Å²) < 4.78 is 0. The van der Waals surface area contributed by atoms with Crippen LogP contribution < -0.4 is 5.73 Å². The Morgan fingerprint density at radius 1 is 1.20 bits per heavy atom. The first-order chi connectivity index (χ1) is 9.52. The molecule has 0 aliphatic carbocycles. The number of anilines is 1. The molecule has 0 aliphatic heterocycles. The average Bonchev–Trinajstić information content (AvgIpc) is 2.46. The van der Waals surface area contributed by atoms with E-state index in [-0.39, 0.29) is 5.78 Å². The van der Waals surface area contributed by atoms with Crippen LogP contribution in [-0.4, -0.2) is 5.78 Å². The second kappa shape index (κ2) is 6.10. The van der Waals surface area contributed by atoms with Gasteiger partial charge in [0.2, 0.25) is 0 Å². The first-order valence-electron chi connectivity index (χ1n) is 6.72. The van der Waals surface area contributed by atoms with E-state index in [1.807, 2.05) is 24.3 Å². The van der Waals surface area contributed by atoms with Gasteiger partial charge in [0, 0.05) is 16.8 Å². The van der Waals surface area contributed by atoms with Crippen molar-refractivity contribution in [1.82, 2.24) is 0 Å². The van der Waals surface area contributed by atoms with Crippen LogP contribution in [0.3, 0.4) is 0 Å². The molecule has 1 atom stereocenters. The van der Waals surface area contributed by atoms with Gasteiger partial charge in [-0.2, -0.15) is 0 Å². The Labute approximate surface area is 124 Å². The molecule has 0 fully saturated rings. The van der Waals surface area contributed by atoms with E-state index in [9.17, 15) is 4.79 Å². The van der Waals surface area contributed by atoms with Crippen LogP contribution in [0.5, 0.6) is 0 Å². The van der Waals surface area contributed by atoms with Gasteiger partial charge in [-0.15, -0.1) is 0 Å². The number of nitrogen functional groups attached to an aromatic ring is 1. The van der Waals surface area contributed by atoms with Crippen LogP contribution in [0.2, 0.25) is 5.02 Å². The molecular weight excluding hydrogens is 270 g/mol. The van der Waals surface area contributed by atoms with Crippen LogP contribution in [0.15, 0.2) is 42.5 Å². The Kier molecular flexibility index (Phi) is 4.46. The Balaban J connectivity index is 2.29. The molecule has 20 heavy (non-hydrogen) atoms. The first kappa shape index (κ1) is 14.6. The predicted molar refractivity (Wildman–Crippen MR) is 84.4 cm³/mol. The van der Waals surface area contributed by atoms with Gasteiger partial charge in [0.05, 0.1) is 5.02 Å². The van der Waals surface area contributed by atoms with Crippen molar-refractivity contribution < 1.29 is 4.79 Å². The SMILES string of the molecule is CCC(C)c1ccc(C(=O)c2ccc(N)cc2Cl)cc1. The fourth-order valence-corrected chi connectivity index (χ4v) is 2.34. The highest BCUT2D eigenvalue weighted by molar-refractivity contribution is 6.35. The summed E-state index contributed by atoms with van der Waals surface area (Å²) in [6.45, 7) is 4.32. The molecule has 0 radical (unpaired) electrons. The number of benzene rings is 2. The number of carbonyl (C=O) groups is 1. The van der Waals surface area contributed by atoms with Gasteiger partial charge in [0.15, 0.2) is 5.78 Å². The third-order valence-electron chi connectivity index (χ3n) is 3.59. The molecule has 0 saturated carbocycles. The zero-order valence-corrected chi connectivity index (χ0v) is 12.4. The normalized spacial score (nSPS) is 12.2. The van der Waals surface area contributed by atoms with Crippen molar-refractivity contribution in [1.29, 1.82) is 0 Å². The van der Waals surface area contributed by atoms with Crippen LogP contribution in [-0.2, 0) is 0 Å². The van der Waals surface area contributed by atoms with Crippen LogP contribution in [0.1, 0.15) is 47.7 Å². The van der Waals surface area contributed by atoms with E-state index in [0.29, 0.717) is 27.8 Å². The molecule has 2 aromatic rings. The fraction of sp³-hybridized carbons (Fsp3) is 0.235. The summed E-state index contributed by atoms with van der Waals surface area (Å²) in [7, 11) is 0. The number of rotatable bonds is 4. The highest BCUT2D eigenvalue weighted by Crippen LogP contribution is 2.24. The number of hydrogen-bond acceptors (Lipinski definition) is 2. The summed E-state index contributed by atoms with van der Waals surface area (Å²) in [5, 5.41) is 0.390. The summed E-state index contributed by atoms with van der Waals surface area (Å²) in [6.07, 6.45) is 1.08. The lowest BCUT2D eigenvalue weighted by atomic mass is 9.95. The molecular formula is C17H18ClNO. The maximum atomic E-state index is 12.4. The minimum atomic E-state index is -0.0781. The number of carbonyl (C=O) groups excluding carboxylic acids is 1.